The lowest BCUT2D eigenvalue weighted by Gasteiger charge is -2.22. The van der Waals surface area contributed by atoms with Gasteiger partial charge in [-0.15, -0.1) is 0 Å². The molecular formula is C16H12BrN3O2S. The van der Waals surface area contributed by atoms with Gasteiger partial charge in [-0.2, -0.15) is 5.06 Å². The Kier molecular flexibility index (Phi) is 3.19. The highest BCUT2D eigenvalue weighted by Crippen LogP contribution is 2.44. The van der Waals surface area contributed by atoms with Crippen LogP contribution >= 0.6 is 28.1 Å². The van der Waals surface area contributed by atoms with E-state index in [1.54, 1.807) is 11.9 Å². The van der Waals surface area contributed by atoms with Crippen molar-refractivity contribution in [3.63, 3.8) is 0 Å². The average molecular weight is 390 g/mol. The highest BCUT2D eigenvalue weighted by atomic mass is 79.9. The van der Waals surface area contributed by atoms with Crippen molar-refractivity contribution >= 4 is 50.5 Å². The number of carbonyl (C=O) groups is 1. The number of nitrogens with one attached hydrogen (secondary N) is 1. The number of benzene rings is 2. The minimum absolute atomic E-state index is 0.199. The van der Waals surface area contributed by atoms with Crippen LogP contribution in [0.5, 0.6) is 0 Å². The first kappa shape index (κ1) is 14.6. The van der Waals surface area contributed by atoms with Crippen LogP contribution in [0.1, 0.15) is 5.56 Å². The standard InChI is InChI=1S/C16H12BrN3O2S/c1-19-12-8-4-2-6-10(12)16(14(19)21)18-15(23)20(22-16)13-9-5-3-7-11(13)17/h2-9H,1H3,(H,18,23). The molecule has 1 fully saturated rings. The van der Waals surface area contributed by atoms with Gasteiger partial charge in [-0.05, 0) is 46.3 Å². The lowest BCUT2D eigenvalue weighted by Crippen LogP contribution is -2.47. The summed E-state index contributed by atoms with van der Waals surface area (Å²) in [5.41, 5.74) is 0.991. The zero-order chi connectivity index (χ0) is 16.2. The third-order valence-electron chi connectivity index (χ3n) is 4.02. The van der Waals surface area contributed by atoms with Gasteiger partial charge in [-0.1, -0.05) is 30.3 Å². The monoisotopic (exact) mass is 389 g/mol. The lowest BCUT2D eigenvalue weighted by molar-refractivity contribution is -0.141. The predicted octanol–water partition coefficient (Wildman–Crippen LogP) is 2.90. The Bertz CT molecular complexity index is 844. The molecular weight excluding hydrogens is 378 g/mol. The molecule has 2 aliphatic rings. The number of hydrogen-bond acceptors (Lipinski definition) is 3. The molecule has 2 aliphatic heterocycles. The number of halogens is 1. The number of para-hydroxylation sites is 2. The van der Waals surface area contributed by atoms with E-state index in [0.717, 1.165) is 21.4 Å². The van der Waals surface area contributed by atoms with Crippen molar-refractivity contribution < 1.29 is 9.63 Å². The largest absolute Gasteiger partial charge is 0.319 e. The summed E-state index contributed by atoms with van der Waals surface area (Å²) >= 11 is 8.90. The van der Waals surface area contributed by atoms with Gasteiger partial charge in [-0.3, -0.25) is 4.79 Å². The van der Waals surface area contributed by atoms with Crippen LogP contribution in [0.4, 0.5) is 11.4 Å². The highest BCUT2D eigenvalue weighted by molar-refractivity contribution is 9.10. The summed E-state index contributed by atoms with van der Waals surface area (Å²) < 4.78 is 0.827. The molecule has 2 aromatic rings. The van der Waals surface area contributed by atoms with Crippen LogP contribution in [-0.4, -0.2) is 18.1 Å². The topological polar surface area (TPSA) is 44.8 Å². The Hall–Kier alpha value is -1.96. The van der Waals surface area contributed by atoms with Gasteiger partial charge in [0.2, 0.25) is 5.11 Å². The maximum atomic E-state index is 12.8. The van der Waals surface area contributed by atoms with E-state index in [-0.39, 0.29) is 5.91 Å². The van der Waals surface area contributed by atoms with Gasteiger partial charge < -0.3 is 10.2 Å². The molecule has 23 heavy (non-hydrogen) atoms. The molecule has 1 saturated heterocycles. The molecule has 2 heterocycles. The molecule has 0 aromatic heterocycles. The number of thiocarbonyl (C=S) groups is 1. The van der Waals surface area contributed by atoms with Crippen molar-refractivity contribution in [2.75, 3.05) is 17.0 Å². The van der Waals surface area contributed by atoms with Gasteiger partial charge in [0, 0.05) is 17.1 Å². The van der Waals surface area contributed by atoms with Crippen LogP contribution in [0, 0.1) is 0 Å². The van der Waals surface area contributed by atoms with Gasteiger partial charge in [0.15, 0.2) is 0 Å². The summed E-state index contributed by atoms with van der Waals surface area (Å²) in [7, 11) is 1.73. The second kappa shape index (κ2) is 5.02. The third-order valence-corrected chi connectivity index (χ3v) is 4.96. The van der Waals surface area contributed by atoms with E-state index in [4.69, 9.17) is 17.1 Å². The van der Waals surface area contributed by atoms with Crippen LogP contribution in [0.3, 0.4) is 0 Å². The fourth-order valence-electron chi connectivity index (χ4n) is 2.91. The molecule has 1 atom stereocenters. The molecule has 0 saturated carbocycles. The molecule has 1 amide bonds. The average Bonchev–Trinajstić information content (AvgIpc) is 3.01. The van der Waals surface area contributed by atoms with Gasteiger partial charge >= 0.3 is 0 Å². The summed E-state index contributed by atoms with van der Waals surface area (Å²) in [4.78, 5) is 20.5. The summed E-state index contributed by atoms with van der Waals surface area (Å²) in [6.45, 7) is 0. The van der Waals surface area contributed by atoms with Gasteiger partial charge in [0.05, 0.1) is 11.4 Å². The van der Waals surface area contributed by atoms with Crippen molar-refractivity contribution in [1.82, 2.24) is 5.32 Å². The third kappa shape index (κ3) is 1.94. The van der Waals surface area contributed by atoms with Crippen LogP contribution < -0.4 is 15.3 Å². The molecule has 1 N–H and O–H groups in total. The second-order valence-corrected chi connectivity index (χ2v) is 6.57. The summed E-state index contributed by atoms with van der Waals surface area (Å²) in [6.07, 6.45) is 0. The number of anilines is 2. The number of hydroxylamine groups is 1. The zero-order valence-electron chi connectivity index (χ0n) is 12.1. The van der Waals surface area contributed by atoms with E-state index < -0.39 is 5.72 Å². The first-order valence-electron chi connectivity index (χ1n) is 6.98. The first-order valence-corrected chi connectivity index (χ1v) is 8.18. The normalized spacial score (nSPS) is 22.7. The van der Waals surface area contributed by atoms with Gasteiger partial charge in [0.1, 0.15) is 0 Å². The zero-order valence-corrected chi connectivity index (χ0v) is 14.5. The maximum absolute atomic E-state index is 12.8. The number of likely N-dealkylation sites (N-methyl/N-ethyl adjacent to an activating group) is 1. The molecule has 4 rings (SSSR count). The van der Waals surface area contributed by atoms with E-state index in [1.807, 2.05) is 48.5 Å². The van der Waals surface area contributed by atoms with Gasteiger partial charge in [0.25, 0.3) is 11.6 Å². The molecule has 5 nitrogen and oxygen atoms in total. The number of fused-ring (bicyclic) bond motifs is 2. The van der Waals surface area contributed by atoms with Crippen molar-refractivity contribution in [1.29, 1.82) is 0 Å². The number of carbonyl (C=O) groups excluding carboxylic acids is 1. The number of hydrogen-bond donors (Lipinski definition) is 1. The minimum atomic E-state index is -1.31. The highest BCUT2D eigenvalue weighted by Gasteiger charge is 2.58. The Morgan fingerprint density at radius 1 is 1.13 bits per heavy atom. The van der Waals surface area contributed by atoms with Crippen molar-refractivity contribution in [3.05, 3.63) is 58.6 Å². The van der Waals surface area contributed by atoms with Crippen molar-refractivity contribution in [3.8, 4) is 0 Å². The Balaban J connectivity index is 1.82. The molecule has 1 unspecified atom stereocenters. The summed E-state index contributed by atoms with van der Waals surface area (Å²) in [5, 5.41) is 4.89. The Morgan fingerprint density at radius 2 is 1.78 bits per heavy atom. The number of rotatable bonds is 1. The molecule has 0 aliphatic carbocycles. The summed E-state index contributed by atoms with van der Waals surface area (Å²) in [5.74, 6) is -0.199. The van der Waals surface area contributed by atoms with E-state index in [0.29, 0.717) is 5.11 Å². The van der Waals surface area contributed by atoms with Crippen LogP contribution in [0.2, 0.25) is 0 Å². The van der Waals surface area contributed by atoms with Crippen LogP contribution in [0.15, 0.2) is 53.0 Å². The van der Waals surface area contributed by atoms with E-state index in [2.05, 4.69) is 21.2 Å². The molecule has 116 valence electrons. The van der Waals surface area contributed by atoms with E-state index in [9.17, 15) is 4.79 Å². The maximum Gasteiger partial charge on any atom is 0.287 e. The van der Waals surface area contributed by atoms with Gasteiger partial charge in [-0.25, -0.2) is 4.84 Å². The predicted molar refractivity (Wildman–Crippen MR) is 95.0 cm³/mol. The fourth-order valence-corrected chi connectivity index (χ4v) is 3.64. The van der Waals surface area contributed by atoms with E-state index in [1.165, 1.54) is 5.06 Å². The quantitative estimate of drug-likeness (QED) is 0.759. The SMILES string of the molecule is CN1C(=O)C2(NC(=S)N(c3ccccc3Br)O2)c2ccccc21. The van der Waals surface area contributed by atoms with Crippen LogP contribution in [0.25, 0.3) is 0 Å². The Labute approximate surface area is 146 Å². The first-order chi connectivity index (χ1) is 11.0. The smallest absolute Gasteiger partial charge is 0.287 e. The van der Waals surface area contributed by atoms with E-state index >= 15 is 0 Å². The summed E-state index contributed by atoms with van der Waals surface area (Å²) in [6, 6.07) is 15.1. The molecule has 2 aromatic carbocycles. The Morgan fingerprint density at radius 3 is 2.52 bits per heavy atom. The molecule has 1 spiro atoms. The molecule has 0 radical (unpaired) electrons. The van der Waals surface area contributed by atoms with Crippen molar-refractivity contribution in [2.45, 2.75) is 5.72 Å². The van der Waals surface area contributed by atoms with Crippen LogP contribution in [-0.2, 0) is 15.4 Å². The molecule has 0 bridgehead atoms. The number of amides is 1. The van der Waals surface area contributed by atoms with Crippen molar-refractivity contribution in [2.24, 2.45) is 0 Å². The minimum Gasteiger partial charge on any atom is -0.319 e. The molecule has 7 heteroatoms. The fraction of sp³-hybridized carbons (Fsp3) is 0.125. The second-order valence-electron chi connectivity index (χ2n) is 5.33. The number of nitrogens with zero attached hydrogens (tertiary/aromatic N) is 2. The lowest BCUT2D eigenvalue weighted by atomic mass is 10.1.